The highest BCUT2D eigenvalue weighted by Gasteiger charge is 2.25. The van der Waals surface area contributed by atoms with Crippen molar-refractivity contribution in [1.82, 2.24) is 10.3 Å². The number of rotatable bonds is 8. The molecule has 0 radical (unpaired) electrons. The zero-order valence-electron chi connectivity index (χ0n) is 16.7. The van der Waals surface area contributed by atoms with Crippen molar-refractivity contribution in [2.45, 2.75) is 6.42 Å². The van der Waals surface area contributed by atoms with E-state index in [1.54, 1.807) is 18.4 Å². The van der Waals surface area contributed by atoms with Crippen LogP contribution in [0.4, 0.5) is 5.69 Å². The minimum Gasteiger partial charge on any atom is -0.487 e. The summed E-state index contributed by atoms with van der Waals surface area (Å²) in [6, 6.07) is 4.09. The Balaban J connectivity index is 1.72. The first-order valence-corrected chi connectivity index (χ1v) is 10.6. The molecule has 152 valence electrons. The van der Waals surface area contributed by atoms with Crippen molar-refractivity contribution < 1.29 is 14.6 Å². The third kappa shape index (κ3) is 4.25. The number of likely N-dealkylation sites (N-methyl/N-ethyl adjacent to an activating group) is 1. The lowest BCUT2D eigenvalue weighted by Crippen LogP contribution is -2.21. The van der Waals surface area contributed by atoms with Gasteiger partial charge in [-0.2, -0.15) is 0 Å². The lowest BCUT2D eigenvalue weighted by molar-refractivity contribution is 0.228. The molecule has 4 rings (SSSR count). The van der Waals surface area contributed by atoms with Gasteiger partial charge in [-0.15, -0.1) is 0 Å². The van der Waals surface area contributed by atoms with Gasteiger partial charge in [0.2, 0.25) is 0 Å². The second kappa shape index (κ2) is 8.87. The maximum atomic E-state index is 9.54. The van der Waals surface area contributed by atoms with Gasteiger partial charge in [-0.05, 0) is 37.4 Å². The van der Waals surface area contributed by atoms with Gasteiger partial charge in [0.05, 0.1) is 34.3 Å². The van der Waals surface area contributed by atoms with E-state index in [0.29, 0.717) is 18.3 Å². The molecule has 6 nitrogen and oxygen atoms in total. The van der Waals surface area contributed by atoms with E-state index < -0.39 is 0 Å². The Morgan fingerprint density at radius 3 is 2.93 bits per heavy atom. The van der Waals surface area contributed by atoms with Gasteiger partial charge in [0.15, 0.2) is 10.8 Å². The van der Waals surface area contributed by atoms with Crippen LogP contribution in [0, 0.1) is 5.92 Å². The number of aliphatic hydroxyl groups excluding tert-OH is 1. The number of fused-ring (bicyclic) bond motifs is 1. The van der Waals surface area contributed by atoms with Gasteiger partial charge in [-0.25, -0.2) is 4.98 Å². The fourth-order valence-electron chi connectivity index (χ4n) is 3.53. The molecule has 0 spiro atoms. The number of aromatic nitrogens is 1. The van der Waals surface area contributed by atoms with Crippen LogP contribution in [-0.2, 0) is 4.74 Å². The summed E-state index contributed by atoms with van der Waals surface area (Å²) in [6.07, 6.45) is 4.86. The number of nitrogens with one attached hydrogen (secondary N) is 1. The number of thiophene rings is 1. The van der Waals surface area contributed by atoms with Crippen LogP contribution in [0.25, 0.3) is 15.8 Å². The second-order valence-electron chi connectivity index (χ2n) is 7.11. The molecule has 7 heteroatoms. The minimum atomic E-state index is 0.225. The quantitative estimate of drug-likeness (QED) is 0.514. The van der Waals surface area contributed by atoms with E-state index in [1.807, 2.05) is 25.3 Å². The van der Waals surface area contributed by atoms with E-state index in [2.05, 4.69) is 27.7 Å². The van der Waals surface area contributed by atoms with Crippen molar-refractivity contribution in [3.63, 3.8) is 0 Å². The highest BCUT2D eigenvalue weighted by Crippen LogP contribution is 2.40. The zero-order chi connectivity index (χ0) is 20.2. The van der Waals surface area contributed by atoms with Crippen molar-refractivity contribution in [1.29, 1.82) is 0 Å². The van der Waals surface area contributed by atoms with E-state index in [0.717, 1.165) is 58.3 Å². The number of methoxy groups -OCH3 is 1. The number of anilines is 1. The number of nitrogens with zero attached hydrogens (tertiary/aromatic N) is 2. The number of pyridine rings is 1. The van der Waals surface area contributed by atoms with Crippen LogP contribution in [0.15, 0.2) is 41.5 Å². The fraction of sp³-hybridized carbons (Fsp3) is 0.409. The smallest absolute Gasteiger partial charge is 0.176 e. The van der Waals surface area contributed by atoms with Crippen molar-refractivity contribution in [3.05, 3.63) is 47.2 Å². The van der Waals surface area contributed by atoms with Crippen LogP contribution in [0.2, 0.25) is 0 Å². The van der Waals surface area contributed by atoms with Crippen molar-refractivity contribution >= 4 is 32.8 Å². The summed E-state index contributed by atoms with van der Waals surface area (Å²) in [6.45, 7) is 3.37. The number of aliphatic hydroxyl groups is 1. The Labute approximate surface area is 174 Å². The van der Waals surface area contributed by atoms with Crippen LogP contribution in [-0.4, -0.2) is 57.1 Å². The van der Waals surface area contributed by atoms with E-state index in [9.17, 15) is 5.11 Å². The topological polar surface area (TPSA) is 66.9 Å². The molecular formula is C22H25N3O3S. The maximum Gasteiger partial charge on any atom is 0.176 e. The normalized spacial score (nSPS) is 18.3. The van der Waals surface area contributed by atoms with Crippen LogP contribution in [0.3, 0.4) is 0 Å². The SMILES string of the molecule is CNCCOC1=C=C=C(c2cc(N3CCC(CO)C3)c3sc(OC)cc3n2)C=C1. The van der Waals surface area contributed by atoms with Crippen LogP contribution < -0.4 is 15.0 Å². The predicted octanol–water partition coefficient (Wildman–Crippen LogP) is 2.95. The lowest BCUT2D eigenvalue weighted by Gasteiger charge is -2.20. The number of allylic oxidation sites excluding steroid dienone is 3. The third-order valence-corrected chi connectivity index (χ3v) is 6.24. The molecule has 2 N–H and O–H groups in total. The zero-order valence-corrected chi connectivity index (χ0v) is 17.5. The summed E-state index contributed by atoms with van der Waals surface area (Å²) >= 11 is 1.60. The van der Waals surface area contributed by atoms with Gasteiger partial charge in [0.25, 0.3) is 0 Å². The van der Waals surface area contributed by atoms with Gasteiger partial charge in [0, 0.05) is 38.2 Å². The summed E-state index contributed by atoms with van der Waals surface area (Å²) < 4.78 is 12.2. The maximum absolute atomic E-state index is 9.54. The lowest BCUT2D eigenvalue weighted by atomic mass is 10.1. The van der Waals surface area contributed by atoms with Gasteiger partial charge >= 0.3 is 0 Å². The average molecular weight is 412 g/mol. The van der Waals surface area contributed by atoms with Crippen LogP contribution in [0.1, 0.15) is 12.1 Å². The van der Waals surface area contributed by atoms with E-state index in [1.165, 1.54) is 0 Å². The highest BCUT2D eigenvalue weighted by atomic mass is 32.1. The molecule has 2 aromatic heterocycles. The Morgan fingerprint density at radius 2 is 2.24 bits per heavy atom. The number of hydrogen-bond acceptors (Lipinski definition) is 7. The molecule has 29 heavy (non-hydrogen) atoms. The first kappa shape index (κ1) is 19.8. The van der Waals surface area contributed by atoms with Crippen LogP contribution in [0.5, 0.6) is 5.06 Å². The molecular weight excluding hydrogens is 386 g/mol. The summed E-state index contributed by atoms with van der Waals surface area (Å²) in [4.78, 5) is 7.18. The molecule has 2 aliphatic rings. The van der Waals surface area contributed by atoms with Gasteiger partial charge in [-0.3, -0.25) is 0 Å². The molecule has 1 saturated heterocycles. The van der Waals surface area contributed by atoms with Gasteiger partial charge in [0.1, 0.15) is 6.61 Å². The summed E-state index contributed by atoms with van der Waals surface area (Å²) in [5, 5.41) is 13.4. The molecule has 1 aliphatic heterocycles. The summed E-state index contributed by atoms with van der Waals surface area (Å²) in [5.41, 5.74) is 10.0. The second-order valence-corrected chi connectivity index (χ2v) is 8.12. The monoisotopic (exact) mass is 411 g/mol. The molecule has 0 saturated carbocycles. The molecule has 1 aliphatic carbocycles. The molecule has 0 amide bonds. The molecule has 0 bridgehead atoms. The Kier molecular flexibility index (Phi) is 6.05. The number of hydrogen-bond donors (Lipinski definition) is 2. The third-order valence-electron chi connectivity index (χ3n) is 5.13. The summed E-state index contributed by atoms with van der Waals surface area (Å²) in [5.74, 6) is 0.991. The Hall–Kier alpha value is -2.53. The van der Waals surface area contributed by atoms with E-state index in [-0.39, 0.29) is 6.61 Å². The molecule has 3 heterocycles. The first-order chi connectivity index (χ1) is 14.2. The Bertz CT molecular complexity index is 1030. The number of ether oxygens (including phenoxy) is 2. The first-order valence-electron chi connectivity index (χ1n) is 9.78. The van der Waals surface area contributed by atoms with Gasteiger partial charge < -0.3 is 24.8 Å². The molecule has 1 atom stereocenters. The van der Waals surface area contributed by atoms with Gasteiger partial charge in [-0.1, -0.05) is 17.1 Å². The fourth-order valence-corrected chi connectivity index (χ4v) is 4.48. The van der Waals surface area contributed by atoms with Crippen molar-refractivity contribution in [3.8, 4) is 5.06 Å². The molecule has 2 aromatic rings. The highest BCUT2D eigenvalue weighted by molar-refractivity contribution is 7.21. The summed E-state index contributed by atoms with van der Waals surface area (Å²) in [7, 11) is 3.57. The molecule has 0 aromatic carbocycles. The molecule has 1 unspecified atom stereocenters. The van der Waals surface area contributed by atoms with Crippen LogP contribution >= 0.6 is 11.3 Å². The predicted molar refractivity (Wildman–Crippen MR) is 117 cm³/mol. The Morgan fingerprint density at radius 1 is 1.34 bits per heavy atom. The van der Waals surface area contributed by atoms with Crippen molar-refractivity contribution in [2.75, 3.05) is 51.9 Å². The molecule has 1 fully saturated rings. The largest absolute Gasteiger partial charge is 0.487 e. The van der Waals surface area contributed by atoms with E-state index >= 15 is 0 Å². The van der Waals surface area contributed by atoms with Crippen molar-refractivity contribution in [2.24, 2.45) is 5.92 Å². The van der Waals surface area contributed by atoms with E-state index in [4.69, 9.17) is 14.5 Å². The minimum absolute atomic E-state index is 0.225. The average Bonchev–Trinajstić information content (AvgIpc) is 3.40. The standard InChI is InChI=1S/C22H25N3O3S/c1-23-8-10-28-17-5-3-16(4-6-17)18-11-20(25-9-7-15(13-25)14-26)22-19(24-18)12-21(27-2)29-22/h3,5,11-12,15,23,26H,7-10,13-14H2,1-2H3.